The molecule has 3 nitrogen and oxygen atoms in total. The van der Waals surface area contributed by atoms with Crippen LogP contribution in [-0.4, -0.2) is 38.7 Å². The first kappa shape index (κ1) is 18.0. The topological polar surface area (TPSA) is 24.5 Å². The lowest BCUT2D eigenvalue weighted by atomic mass is 10.0. The highest BCUT2D eigenvalue weighted by atomic mass is 16.5. The van der Waals surface area contributed by atoms with Crippen molar-refractivity contribution < 1.29 is 4.74 Å². The van der Waals surface area contributed by atoms with Crippen LogP contribution in [0.15, 0.2) is 24.3 Å². The third kappa shape index (κ3) is 6.49. The minimum atomic E-state index is 0.363. The van der Waals surface area contributed by atoms with E-state index < -0.39 is 0 Å². The van der Waals surface area contributed by atoms with E-state index in [0.29, 0.717) is 12.1 Å². The molecule has 21 heavy (non-hydrogen) atoms. The second kappa shape index (κ2) is 9.06. The Hall–Kier alpha value is -1.06. The highest BCUT2D eigenvalue weighted by Crippen LogP contribution is 2.22. The first-order valence-corrected chi connectivity index (χ1v) is 7.97. The number of hydrogen-bond acceptors (Lipinski definition) is 3. The van der Waals surface area contributed by atoms with Crippen molar-refractivity contribution in [1.29, 1.82) is 0 Å². The van der Waals surface area contributed by atoms with Gasteiger partial charge in [-0.1, -0.05) is 26.0 Å². The lowest BCUT2D eigenvalue weighted by Crippen LogP contribution is -2.35. The quantitative estimate of drug-likeness (QED) is 0.751. The van der Waals surface area contributed by atoms with Crippen LogP contribution in [-0.2, 0) is 0 Å². The SMILES string of the molecule is COc1cccc(C(CNC(C)CCC(C)C)N(C)C)c1. The first-order chi connectivity index (χ1) is 9.93. The zero-order chi connectivity index (χ0) is 15.8. The van der Waals surface area contributed by atoms with Gasteiger partial charge in [0, 0.05) is 18.6 Å². The summed E-state index contributed by atoms with van der Waals surface area (Å²) in [6, 6.07) is 9.28. The Balaban J connectivity index is 2.61. The van der Waals surface area contributed by atoms with Gasteiger partial charge in [0.25, 0.3) is 0 Å². The molecule has 0 saturated carbocycles. The molecule has 3 heteroatoms. The van der Waals surface area contributed by atoms with Gasteiger partial charge in [0.05, 0.1) is 7.11 Å². The Morgan fingerprint density at radius 1 is 1.14 bits per heavy atom. The van der Waals surface area contributed by atoms with Crippen LogP contribution in [0.5, 0.6) is 5.75 Å². The molecule has 0 aliphatic carbocycles. The molecule has 2 atom stereocenters. The molecule has 0 amide bonds. The lowest BCUT2D eigenvalue weighted by Gasteiger charge is -2.27. The van der Waals surface area contributed by atoms with Gasteiger partial charge in [0.1, 0.15) is 5.75 Å². The molecule has 0 heterocycles. The summed E-state index contributed by atoms with van der Waals surface area (Å²) in [5.74, 6) is 1.70. The molecule has 2 unspecified atom stereocenters. The van der Waals surface area contributed by atoms with Gasteiger partial charge >= 0.3 is 0 Å². The molecule has 1 aromatic rings. The smallest absolute Gasteiger partial charge is 0.119 e. The Kier molecular flexibility index (Phi) is 7.76. The van der Waals surface area contributed by atoms with Crippen LogP contribution in [0.1, 0.15) is 45.2 Å². The predicted molar refractivity (Wildman–Crippen MR) is 91.0 cm³/mol. The molecule has 1 aromatic carbocycles. The van der Waals surface area contributed by atoms with Gasteiger partial charge in [0.15, 0.2) is 0 Å². The fraction of sp³-hybridized carbons (Fsp3) is 0.667. The molecule has 0 bridgehead atoms. The van der Waals surface area contributed by atoms with E-state index in [0.717, 1.165) is 18.2 Å². The zero-order valence-corrected chi connectivity index (χ0v) is 14.5. The molecular weight excluding hydrogens is 260 g/mol. The van der Waals surface area contributed by atoms with Crippen molar-refractivity contribution in [2.45, 2.75) is 45.7 Å². The molecule has 0 aromatic heterocycles. The summed E-state index contributed by atoms with van der Waals surface area (Å²) in [7, 11) is 5.98. The van der Waals surface area contributed by atoms with E-state index in [9.17, 15) is 0 Å². The number of nitrogens with zero attached hydrogens (tertiary/aromatic N) is 1. The van der Waals surface area contributed by atoms with E-state index in [2.05, 4.69) is 63.3 Å². The van der Waals surface area contributed by atoms with Gasteiger partial charge in [-0.2, -0.15) is 0 Å². The van der Waals surface area contributed by atoms with Crippen LogP contribution in [0.3, 0.4) is 0 Å². The van der Waals surface area contributed by atoms with E-state index in [1.54, 1.807) is 7.11 Å². The van der Waals surface area contributed by atoms with Crippen molar-refractivity contribution in [2.75, 3.05) is 27.7 Å². The molecule has 0 spiro atoms. The summed E-state index contributed by atoms with van der Waals surface area (Å²) in [6.07, 6.45) is 2.51. The summed E-state index contributed by atoms with van der Waals surface area (Å²) in [5.41, 5.74) is 1.29. The number of ether oxygens (including phenoxy) is 1. The lowest BCUT2D eigenvalue weighted by molar-refractivity contribution is 0.276. The second-order valence-corrected chi connectivity index (χ2v) is 6.54. The Labute approximate surface area is 130 Å². The zero-order valence-electron chi connectivity index (χ0n) is 14.5. The van der Waals surface area contributed by atoms with Crippen molar-refractivity contribution >= 4 is 0 Å². The fourth-order valence-electron chi connectivity index (χ4n) is 2.45. The van der Waals surface area contributed by atoms with E-state index in [-0.39, 0.29) is 0 Å². The van der Waals surface area contributed by atoms with Crippen molar-refractivity contribution in [3.8, 4) is 5.75 Å². The predicted octanol–water partition coefficient (Wildman–Crippen LogP) is 3.71. The maximum atomic E-state index is 5.34. The van der Waals surface area contributed by atoms with Gasteiger partial charge in [-0.25, -0.2) is 0 Å². The molecule has 1 rings (SSSR count). The fourth-order valence-corrected chi connectivity index (χ4v) is 2.45. The van der Waals surface area contributed by atoms with Gasteiger partial charge in [-0.15, -0.1) is 0 Å². The largest absolute Gasteiger partial charge is 0.497 e. The number of methoxy groups -OCH3 is 1. The summed E-state index contributed by atoms with van der Waals surface area (Å²) in [4.78, 5) is 2.26. The molecule has 0 radical (unpaired) electrons. The maximum absolute atomic E-state index is 5.34. The summed E-state index contributed by atoms with van der Waals surface area (Å²) in [5, 5.41) is 3.67. The van der Waals surface area contributed by atoms with Crippen LogP contribution in [0.25, 0.3) is 0 Å². The van der Waals surface area contributed by atoms with Crippen LogP contribution in [0, 0.1) is 5.92 Å². The molecule has 1 N–H and O–H groups in total. The summed E-state index contributed by atoms with van der Waals surface area (Å²) in [6.45, 7) is 7.80. The molecule has 0 aliphatic rings. The maximum Gasteiger partial charge on any atom is 0.119 e. The van der Waals surface area contributed by atoms with Crippen LogP contribution in [0.2, 0.25) is 0 Å². The normalized spacial score (nSPS) is 14.5. The third-order valence-corrected chi connectivity index (χ3v) is 3.94. The number of benzene rings is 1. The number of rotatable bonds is 9. The number of likely N-dealkylation sites (N-methyl/N-ethyl adjacent to an activating group) is 1. The Bertz CT molecular complexity index is 404. The number of hydrogen-bond donors (Lipinski definition) is 1. The Morgan fingerprint density at radius 2 is 1.86 bits per heavy atom. The molecule has 0 aliphatic heterocycles. The van der Waals surface area contributed by atoms with Crippen LogP contribution >= 0.6 is 0 Å². The van der Waals surface area contributed by atoms with E-state index >= 15 is 0 Å². The molecular formula is C18H32N2O. The van der Waals surface area contributed by atoms with Gasteiger partial charge in [-0.3, -0.25) is 0 Å². The van der Waals surface area contributed by atoms with E-state index in [1.807, 2.05) is 6.07 Å². The van der Waals surface area contributed by atoms with Crippen LogP contribution in [0.4, 0.5) is 0 Å². The standard InChI is InChI=1S/C18H32N2O/c1-14(2)10-11-15(3)19-13-18(20(4)5)16-8-7-9-17(12-16)21-6/h7-9,12,14-15,18-19H,10-11,13H2,1-6H3. The first-order valence-electron chi connectivity index (χ1n) is 7.97. The van der Waals surface area contributed by atoms with Gasteiger partial charge in [-0.05, 0) is 57.5 Å². The molecule has 0 fully saturated rings. The van der Waals surface area contributed by atoms with Crippen molar-refractivity contribution in [1.82, 2.24) is 10.2 Å². The monoisotopic (exact) mass is 292 g/mol. The highest BCUT2D eigenvalue weighted by Gasteiger charge is 2.15. The summed E-state index contributed by atoms with van der Waals surface area (Å²) < 4.78 is 5.34. The third-order valence-electron chi connectivity index (χ3n) is 3.94. The average Bonchev–Trinajstić information content (AvgIpc) is 2.45. The minimum Gasteiger partial charge on any atom is -0.497 e. The van der Waals surface area contributed by atoms with Crippen LogP contribution < -0.4 is 10.1 Å². The van der Waals surface area contributed by atoms with Crippen molar-refractivity contribution in [3.05, 3.63) is 29.8 Å². The molecule has 120 valence electrons. The minimum absolute atomic E-state index is 0.363. The van der Waals surface area contributed by atoms with Crippen molar-refractivity contribution in [2.24, 2.45) is 5.92 Å². The second-order valence-electron chi connectivity index (χ2n) is 6.54. The molecule has 0 saturated heterocycles. The number of nitrogens with one attached hydrogen (secondary N) is 1. The van der Waals surface area contributed by atoms with E-state index in [1.165, 1.54) is 18.4 Å². The Morgan fingerprint density at radius 3 is 2.43 bits per heavy atom. The average molecular weight is 292 g/mol. The van der Waals surface area contributed by atoms with Gasteiger partial charge in [0.2, 0.25) is 0 Å². The van der Waals surface area contributed by atoms with Crippen molar-refractivity contribution in [3.63, 3.8) is 0 Å². The van der Waals surface area contributed by atoms with Gasteiger partial charge < -0.3 is 15.0 Å². The highest BCUT2D eigenvalue weighted by molar-refractivity contribution is 5.30. The summed E-state index contributed by atoms with van der Waals surface area (Å²) >= 11 is 0. The van der Waals surface area contributed by atoms with E-state index in [4.69, 9.17) is 4.74 Å².